The number of nitrogens with one attached hydrogen (secondary N) is 1. The third-order valence-electron chi connectivity index (χ3n) is 3.48. The monoisotopic (exact) mass is 283 g/mol. The molecule has 4 nitrogen and oxygen atoms in total. The first-order valence-corrected chi connectivity index (χ1v) is 6.92. The average Bonchev–Trinajstić information content (AvgIpc) is 3.28. The molecule has 0 amide bonds. The van der Waals surface area contributed by atoms with Crippen LogP contribution in [0.15, 0.2) is 12.1 Å². The van der Waals surface area contributed by atoms with E-state index in [-0.39, 0.29) is 0 Å². The lowest BCUT2D eigenvalue weighted by Crippen LogP contribution is -2.20. The molecule has 2 rings (SSSR count). The Bertz CT molecular complexity index is 435. The fourth-order valence-corrected chi connectivity index (χ4v) is 2.15. The van der Waals surface area contributed by atoms with Gasteiger partial charge in [-0.05, 0) is 49.9 Å². The molecule has 1 aliphatic rings. The van der Waals surface area contributed by atoms with Crippen LogP contribution in [0.3, 0.4) is 0 Å². The third kappa shape index (κ3) is 4.00. The van der Waals surface area contributed by atoms with Crippen molar-refractivity contribution >= 4 is 0 Å². The van der Waals surface area contributed by atoms with E-state index in [1.807, 2.05) is 6.07 Å². The third-order valence-corrected chi connectivity index (χ3v) is 3.48. The number of halogens is 1. The molecule has 0 heterocycles. The number of rotatable bonds is 9. The highest BCUT2D eigenvalue weighted by atomic mass is 19.1. The maximum absolute atomic E-state index is 12.3. The summed E-state index contributed by atoms with van der Waals surface area (Å²) in [6.07, 6.45) is 3.53. The summed E-state index contributed by atoms with van der Waals surface area (Å²) < 4.78 is 27.8. The van der Waals surface area contributed by atoms with E-state index in [9.17, 15) is 4.39 Å². The molecule has 20 heavy (non-hydrogen) atoms. The summed E-state index contributed by atoms with van der Waals surface area (Å²) in [6.45, 7) is 1.09. The van der Waals surface area contributed by atoms with Gasteiger partial charge in [-0.1, -0.05) is 0 Å². The van der Waals surface area contributed by atoms with Crippen LogP contribution < -0.4 is 19.5 Å². The van der Waals surface area contributed by atoms with Crippen molar-refractivity contribution < 1.29 is 18.6 Å². The summed E-state index contributed by atoms with van der Waals surface area (Å²) in [5.74, 6) is 2.46. The summed E-state index contributed by atoms with van der Waals surface area (Å²) in [5, 5.41) is 3.44. The van der Waals surface area contributed by atoms with E-state index in [1.54, 1.807) is 20.3 Å². The van der Waals surface area contributed by atoms with Crippen LogP contribution in [0.1, 0.15) is 18.4 Å². The molecule has 0 spiro atoms. The molecule has 0 atom stereocenters. The van der Waals surface area contributed by atoms with Gasteiger partial charge in [0.05, 0.1) is 14.2 Å². The highest BCUT2D eigenvalue weighted by Gasteiger charge is 2.20. The van der Waals surface area contributed by atoms with E-state index in [2.05, 4.69) is 5.32 Å². The van der Waals surface area contributed by atoms with Crippen LogP contribution in [-0.2, 0) is 6.42 Å². The number of hydrogen-bond donors (Lipinski definition) is 1. The Labute approximate surface area is 119 Å². The minimum atomic E-state index is -0.887. The molecule has 0 radical (unpaired) electrons. The van der Waals surface area contributed by atoms with Crippen LogP contribution in [0.25, 0.3) is 0 Å². The first kappa shape index (κ1) is 14.9. The van der Waals surface area contributed by atoms with Crippen molar-refractivity contribution in [2.24, 2.45) is 5.92 Å². The summed E-state index contributed by atoms with van der Waals surface area (Å²) in [4.78, 5) is 0. The molecular weight excluding hydrogens is 261 g/mol. The second-order valence-electron chi connectivity index (χ2n) is 4.97. The second kappa shape index (κ2) is 7.33. The van der Waals surface area contributed by atoms with Crippen LogP contribution in [-0.4, -0.2) is 34.2 Å². The van der Waals surface area contributed by atoms with Gasteiger partial charge in [0, 0.05) is 6.07 Å². The predicted molar refractivity (Wildman–Crippen MR) is 75.4 cm³/mol. The Hall–Kier alpha value is -1.49. The molecule has 0 aliphatic heterocycles. The Kier molecular flexibility index (Phi) is 5.47. The van der Waals surface area contributed by atoms with Gasteiger partial charge in [0.25, 0.3) is 0 Å². The SMILES string of the molecule is COc1cc(OCF)c(OC)cc1CCNCC1CC1. The zero-order chi connectivity index (χ0) is 14.4. The van der Waals surface area contributed by atoms with E-state index >= 15 is 0 Å². The summed E-state index contributed by atoms with van der Waals surface area (Å²) in [7, 11) is 3.14. The molecule has 1 aromatic carbocycles. The number of alkyl halides is 1. The lowest BCUT2D eigenvalue weighted by Gasteiger charge is -2.14. The molecule has 112 valence electrons. The quantitative estimate of drug-likeness (QED) is 0.707. The Morgan fingerprint density at radius 1 is 1.15 bits per heavy atom. The summed E-state index contributed by atoms with van der Waals surface area (Å²) in [5.41, 5.74) is 1.03. The first-order valence-electron chi connectivity index (χ1n) is 6.92. The Morgan fingerprint density at radius 2 is 1.90 bits per heavy atom. The largest absolute Gasteiger partial charge is 0.496 e. The van der Waals surface area contributed by atoms with Gasteiger partial charge in [-0.2, -0.15) is 0 Å². The van der Waals surface area contributed by atoms with E-state index in [1.165, 1.54) is 12.8 Å². The van der Waals surface area contributed by atoms with Gasteiger partial charge in [-0.15, -0.1) is 0 Å². The normalized spacial score (nSPS) is 14.2. The van der Waals surface area contributed by atoms with E-state index in [0.29, 0.717) is 17.2 Å². The molecule has 1 saturated carbocycles. The standard InChI is InChI=1S/C15H22FNO3/c1-18-13-8-15(20-10-16)14(19-2)7-12(13)5-6-17-9-11-3-4-11/h7-8,11,17H,3-6,9-10H2,1-2H3. The highest BCUT2D eigenvalue weighted by molar-refractivity contribution is 5.50. The van der Waals surface area contributed by atoms with Crippen molar-refractivity contribution in [3.8, 4) is 17.2 Å². The van der Waals surface area contributed by atoms with Gasteiger partial charge in [0.15, 0.2) is 11.5 Å². The number of hydrogen-bond acceptors (Lipinski definition) is 4. The van der Waals surface area contributed by atoms with Gasteiger partial charge < -0.3 is 19.5 Å². The first-order chi connectivity index (χ1) is 9.78. The van der Waals surface area contributed by atoms with Crippen LogP contribution in [0, 0.1) is 5.92 Å². The maximum Gasteiger partial charge on any atom is 0.228 e. The van der Waals surface area contributed by atoms with Crippen molar-refractivity contribution in [3.63, 3.8) is 0 Å². The maximum atomic E-state index is 12.3. The molecule has 0 saturated heterocycles. The van der Waals surface area contributed by atoms with Gasteiger partial charge in [0.1, 0.15) is 5.75 Å². The van der Waals surface area contributed by atoms with Gasteiger partial charge >= 0.3 is 0 Å². The van der Waals surface area contributed by atoms with E-state index in [0.717, 1.165) is 31.0 Å². The van der Waals surface area contributed by atoms with Crippen molar-refractivity contribution in [3.05, 3.63) is 17.7 Å². The smallest absolute Gasteiger partial charge is 0.228 e. The van der Waals surface area contributed by atoms with E-state index in [4.69, 9.17) is 14.2 Å². The molecule has 0 unspecified atom stereocenters. The average molecular weight is 283 g/mol. The van der Waals surface area contributed by atoms with Crippen molar-refractivity contribution in [1.82, 2.24) is 5.32 Å². The van der Waals surface area contributed by atoms with Crippen LogP contribution in [0.4, 0.5) is 4.39 Å². The van der Waals surface area contributed by atoms with E-state index < -0.39 is 6.86 Å². The minimum Gasteiger partial charge on any atom is -0.496 e. The second-order valence-corrected chi connectivity index (χ2v) is 4.97. The van der Waals surface area contributed by atoms with Gasteiger partial charge in [0.2, 0.25) is 6.86 Å². The van der Waals surface area contributed by atoms with Gasteiger partial charge in [-0.25, -0.2) is 4.39 Å². The Morgan fingerprint density at radius 3 is 2.50 bits per heavy atom. The molecule has 1 N–H and O–H groups in total. The molecule has 1 aliphatic carbocycles. The van der Waals surface area contributed by atoms with Crippen LogP contribution in [0.5, 0.6) is 17.2 Å². The number of benzene rings is 1. The highest BCUT2D eigenvalue weighted by Crippen LogP contribution is 2.35. The molecule has 1 aromatic rings. The fraction of sp³-hybridized carbons (Fsp3) is 0.600. The number of methoxy groups -OCH3 is 2. The molecular formula is C15H22FNO3. The molecule has 0 aromatic heterocycles. The van der Waals surface area contributed by atoms with Crippen LogP contribution in [0.2, 0.25) is 0 Å². The summed E-state index contributed by atoms with van der Waals surface area (Å²) >= 11 is 0. The zero-order valence-corrected chi connectivity index (χ0v) is 12.1. The van der Waals surface area contributed by atoms with Crippen LogP contribution >= 0.6 is 0 Å². The number of ether oxygens (including phenoxy) is 3. The zero-order valence-electron chi connectivity index (χ0n) is 12.1. The lowest BCUT2D eigenvalue weighted by atomic mass is 10.1. The fourth-order valence-electron chi connectivity index (χ4n) is 2.15. The topological polar surface area (TPSA) is 39.7 Å². The van der Waals surface area contributed by atoms with Crippen molar-refractivity contribution in [1.29, 1.82) is 0 Å². The van der Waals surface area contributed by atoms with Gasteiger partial charge in [-0.3, -0.25) is 0 Å². The summed E-state index contributed by atoms with van der Waals surface area (Å²) in [6, 6.07) is 3.53. The molecule has 5 heteroatoms. The molecule has 0 bridgehead atoms. The lowest BCUT2D eigenvalue weighted by molar-refractivity contribution is 0.184. The van der Waals surface area contributed by atoms with Crippen molar-refractivity contribution in [2.75, 3.05) is 34.2 Å². The predicted octanol–water partition coefficient (Wildman–Crippen LogP) is 2.55. The van der Waals surface area contributed by atoms with Crippen molar-refractivity contribution in [2.45, 2.75) is 19.3 Å². The minimum absolute atomic E-state index is 0.363. The molecule has 1 fully saturated rings. The Balaban J connectivity index is 2.00.